The molecule has 2 atom stereocenters. The second-order valence-corrected chi connectivity index (χ2v) is 7.43. The Bertz CT molecular complexity index is 859. The fourth-order valence-electron chi connectivity index (χ4n) is 4.08. The minimum atomic E-state index is -0.541. The Balaban J connectivity index is 1.49. The molecule has 27 heavy (non-hydrogen) atoms. The van der Waals surface area contributed by atoms with Crippen molar-refractivity contribution in [1.29, 1.82) is 0 Å². The number of amides is 1. The molecule has 2 aliphatic rings. The minimum Gasteiger partial charge on any atom is -0.461 e. The number of para-hydroxylation sites is 1. The van der Waals surface area contributed by atoms with Crippen molar-refractivity contribution in [3.05, 3.63) is 77.1 Å². The lowest BCUT2D eigenvalue weighted by Gasteiger charge is -2.36. The first-order chi connectivity index (χ1) is 13.1. The Morgan fingerprint density at radius 3 is 2.70 bits per heavy atom. The lowest BCUT2D eigenvalue weighted by Crippen LogP contribution is -2.43. The van der Waals surface area contributed by atoms with Crippen molar-refractivity contribution in [2.75, 3.05) is 13.1 Å². The molecule has 2 aromatic rings. The van der Waals surface area contributed by atoms with Gasteiger partial charge < -0.3 is 14.7 Å². The van der Waals surface area contributed by atoms with Gasteiger partial charge in [-0.1, -0.05) is 48.5 Å². The van der Waals surface area contributed by atoms with Crippen molar-refractivity contribution in [1.82, 2.24) is 4.90 Å². The van der Waals surface area contributed by atoms with Crippen LogP contribution < -0.4 is 4.74 Å². The molecule has 2 unspecified atom stereocenters. The zero-order valence-corrected chi connectivity index (χ0v) is 15.6. The Morgan fingerprint density at radius 2 is 1.89 bits per heavy atom. The number of aliphatic hydroxyl groups is 1. The van der Waals surface area contributed by atoms with E-state index in [2.05, 4.69) is 0 Å². The third kappa shape index (κ3) is 3.62. The summed E-state index contributed by atoms with van der Waals surface area (Å²) < 4.78 is 5.88. The highest BCUT2D eigenvalue weighted by atomic mass is 16.5. The average Bonchev–Trinajstić information content (AvgIpc) is 2.73. The van der Waals surface area contributed by atoms with Crippen LogP contribution in [0.5, 0.6) is 5.75 Å². The Morgan fingerprint density at radius 1 is 1.15 bits per heavy atom. The van der Waals surface area contributed by atoms with Crippen LogP contribution in [0.25, 0.3) is 0 Å². The number of benzene rings is 2. The van der Waals surface area contributed by atoms with Gasteiger partial charge in [-0.2, -0.15) is 0 Å². The molecule has 0 bridgehead atoms. The van der Waals surface area contributed by atoms with Gasteiger partial charge in [0.1, 0.15) is 11.5 Å². The number of nitrogens with zero attached hydrogens (tertiary/aromatic N) is 1. The number of allylic oxidation sites excluding steroid dienone is 1. The number of hydrogen-bond acceptors (Lipinski definition) is 3. The smallest absolute Gasteiger partial charge is 0.253 e. The second-order valence-electron chi connectivity index (χ2n) is 7.43. The van der Waals surface area contributed by atoms with E-state index >= 15 is 0 Å². The SMILES string of the molecule is CC1=C(C(=O)N2CCCC(C(O)c3ccccc3)C2)Cc2ccccc2O1. The van der Waals surface area contributed by atoms with Gasteiger partial charge in [-0.15, -0.1) is 0 Å². The molecule has 2 aromatic carbocycles. The number of aliphatic hydroxyl groups excluding tert-OH is 1. The predicted molar refractivity (Wildman–Crippen MR) is 104 cm³/mol. The molecule has 140 valence electrons. The van der Waals surface area contributed by atoms with E-state index < -0.39 is 6.10 Å². The zero-order chi connectivity index (χ0) is 18.8. The monoisotopic (exact) mass is 363 g/mol. The van der Waals surface area contributed by atoms with Gasteiger partial charge in [-0.3, -0.25) is 4.79 Å². The number of carbonyl (C=O) groups is 1. The maximum absolute atomic E-state index is 13.2. The van der Waals surface area contributed by atoms with Gasteiger partial charge in [0.05, 0.1) is 11.7 Å². The lowest BCUT2D eigenvalue weighted by atomic mass is 9.88. The van der Waals surface area contributed by atoms with E-state index in [9.17, 15) is 9.90 Å². The van der Waals surface area contributed by atoms with Crippen LogP contribution in [0.4, 0.5) is 0 Å². The molecule has 4 heteroatoms. The van der Waals surface area contributed by atoms with Crippen LogP contribution in [-0.4, -0.2) is 29.0 Å². The van der Waals surface area contributed by atoms with Crippen LogP contribution >= 0.6 is 0 Å². The van der Waals surface area contributed by atoms with Crippen LogP contribution in [0.15, 0.2) is 65.9 Å². The van der Waals surface area contributed by atoms with Crippen molar-refractivity contribution in [3.8, 4) is 5.75 Å². The summed E-state index contributed by atoms with van der Waals surface area (Å²) in [5.74, 6) is 1.61. The zero-order valence-electron chi connectivity index (χ0n) is 15.6. The summed E-state index contributed by atoms with van der Waals surface area (Å²) in [6.07, 6.45) is 1.89. The quantitative estimate of drug-likeness (QED) is 0.901. The first-order valence-corrected chi connectivity index (χ1v) is 9.61. The van der Waals surface area contributed by atoms with Crippen LogP contribution in [-0.2, 0) is 11.2 Å². The molecule has 0 radical (unpaired) electrons. The second kappa shape index (κ2) is 7.57. The first-order valence-electron chi connectivity index (χ1n) is 9.61. The molecule has 0 aromatic heterocycles. The van der Waals surface area contributed by atoms with Gasteiger partial charge in [-0.05, 0) is 37.0 Å². The van der Waals surface area contributed by atoms with E-state index in [0.29, 0.717) is 18.7 Å². The van der Waals surface area contributed by atoms with E-state index in [0.717, 1.165) is 41.8 Å². The third-order valence-electron chi connectivity index (χ3n) is 5.62. The number of rotatable bonds is 3. The molecule has 1 fully saturated rings. The number of carbonyl (C=O) groups excluding carboxylic acids is 1. The van der Waals surface area contributed by atoms with Crippen molar-refractivity contribution < 1.29 is 14.6 Å². The molecule has 1 N–H and O–H groups in total. The van der Waals surface area contributed by atoms with E-state index in [1.165, 1.54) is 0 Å². The molecule has 1 saturated heterocycles. The van der Waals surface area contributed by atoms with Gasteiger partial charge >= 0.3 is 0 Å². The first kappa shape index (κ1) is 17.8. The minimum absolute atomic E-state index is 0.0342. The Kier molecular flexibility index (Phi) is 4.99. The average molecular weight is 363 g/mol. The van der Waals surface area contributed by atoms with E-state index in [4.69, 9.17) is 4.74 Å². The molecule has 0 saturated carbocycles. The van der Waals surface area contributed by atoms with Crippen molar-refractivity contribution >= 4 is 5.91 Å². The van der Waals surface area contributed by atoms with Gasteiger partial charge in [0.15, 0.2) is 0 Å². The molecule has 4 nitrogen and oxygen atoms in total. The van der Waals surface area contributed by atoms with E-state index in [-0.39, 0.29) is 11.8 Å². The van der Waals surface area contributed by atoms with E-state index in [1.807, 2.05) is 66.4 Å². The van der Waals surface area contributed by atoms with Crippen LogP contribution in [0.3, 0.4) is 0 Å². The largest absolute Gasteiger partial charge is 0.461 e. The summed E-state index contributed by atoms with van der Waals surface area (Å²) in [4.78, 5) is 15.1. The predicted octanol–water partition coefficient (Wildman–Crippen LogP) is 3.87. The maximum Gasteiger partial charge on any atom is 0.253 e. The Labute approximate surface area is 160 Å². The topological polar surface area (TPSA) is 49.8 Å². The highest BCUT2D eigenvalue weighted by Crippen LogP contribution is 2.33. The van der Waals surface area contributed by atoms with Crippen LogP contribution in [0, 0.1) is 5.92 Å². The summed E-state index contributed by atoms with van der Waals surface area (Å²) in [5.41, 5.74) is 2.69. The molecular weight excluding hydrogens is 338 g/mol. The van der Waals surface area contributed by atoms with Gasteiger partial charge in [-0.25, -0.2) is 0 Å². The van der Waals surface area contributed by atoms with Gasteiger partial charge in [0.25, 0.3) is 5.91 Å². The summed E-state index contributed by atoms with van der Waals surface area (Å²) in [5, 5.41) is 10.8. The highest BCUT2D eigenvalue weighted by molar-refractivity contribution is 5.95. The lowest BCUT2D eigenvalue weighted by molar-refractivity contribution is -0.130. The fraction of sp³-hybridized carbons (Fsp3) is 0.348. The summed E-state index contributed by atoms with van der Waals surface area (Å²) in [7, 11) is 0. The molecule has 0 spiro atoms. The third-order valence-corrected chi connectivity index (χ3v) is 5.62. The molecule has 4 rings (SSSR count). The molecule has 2 heterocycles. The summed E-state index contributed by atoms with van der Waals surface area (Å²) in [6, 6.07) is 17.6. The number of likely N-dealkylation sites (tertiary alicyclic amines) is 1. The van der Waals surface area contributed by atoms with Crippen molar-refractivity contribution in [2.45, 2.75) is 32.3 Å². The highest BCUT2D eigenvalue weighted by Gasteiger charge is 2.32. The molecule has 2 aliphatic heterocycles. The van der Waals surface area contributed by atoms with Crippen LogP contribution in [0.2, 0.25) is 0 Å². The van der Waals surface area contributed by atoms with Crippen molar-refractivity contribution in [3.63, 3.8) is 0 Å². The van der Waals surface area contributed by atoms with Gasteiger partial charge in [0.2, 0.25) is 0 Å². The van der Waals surface area contributed by atoms with E-state index in [1.54, 1.807) is 0 Å². The van der Waals surface area contributed by atoms with Crippen molar-refractivity contribution in [2.24, 2.45) is 5.92 Å². The molecular formula is C23H25NO3. The normalized spacial score (nSPS) is 20.7. The maximum atomic E-state index is 13.2. The summed E-state index contributed by atoms with van der Waals surface area (Å²) in [6.45, 7) is 3.17. The van der Waals surface area contributed by atoms with Crippen LogP contribution in [0.1, 0.15) is 37.0 Å². The Hall–Kier alpha value is -2.59. The molecule has 1 amide bonds. The number of piperidine rings is 1. The number of hydrogen-bond donors (Lipinski definition) is 1. The standard InChI is InChI=1S/C23H25NO3/c1-16-20(14-18-10-5-6-12-21(18)27-16)23(26)24-13-7-11-19(15-24)22(25)17-8-3-2-4-9-17/h2-6,8-10,12,19,22,25H,7,11,13-15H2,1H3. The number of ether oxygens (including phenoxy) is 1. The van der Waals surface area contributed by atoms with Gasteiger partial charge in [0, 0.05) is 25.4 Å². The fourth-order valence-corrected chi connectivity index (χ4v) is 4.08. The summed E-state index contributed by atoms with van der Waals surface area (Å²) >= 11 is 0. The number of fused-ring (bicyclic) bond motifs is 1. The molecule has 0 aliphatic carbocycles.